The average Bonchev–Trinajstić information content (AvgIpc) is 2.77. The lowest BCUT2D eigenvalue weighted by molar-refractivity contribution is -0.155. The zero-order chi connectivity index (χ0) is 23.3. The number of carbonyl (C=O) groups is 2. The lowest BCUT2D eigenvalue weighted by Gasteiger charge is -2.52. The minimum atomic E-state index is -0.577. The Morgan fingerprint density at radius 1 is 1.16 bits per heavy atom. The smallest absolute Gasteiger partial charge is 0.229 e. The minimum Gasteiger partial charge on any atom is -0.332 e. The maximum absolute atomic E-state index is 14.0. The number of hydrogen-bond donors (Lipinski definition) is 0. The summed E-state index contributed by atoms with van der Waals surface area (Å²) in [4.78, 5) is 27.3. The lowest BCUT2D eigenvalue weighted by atomic mass is 9.67. The van der Waals surface area contributed by atoms with Crippen LogP contribution in [0.15, 0.2) is 61.2 Å². The van der Waals surface area contributed by atoms with E-state index < -0.39 is 5.41 Å². The normalized spacial score (nSPS) is 24.2. The molecule has 4 atom stereocenters. The van der Waals surface area contributed by atoms with Crippen molar-refractivity contribution < 1.29 is 9.59 Å². The molecule has 1 saturated heterocycles. The summed E-state index contributed by atoms with van der Waals surface area (Å²) >= 11 is 12.6. The molecule has 32 heavy (non-hydrogen) atoms. The zero-order valence-corrected chi connectivity index (χ0v) is 20.3. The summed E-state index contributed by atoms with van der Waals surface area (Å²) in [6, 6.07) is 15.5. The van der Waals surface area contributed by atoms with Crippen molar-refractivity contribution >= 4 is 35.4 Å². The molecule has 1 fully saturated rings. The molecule has 4 unspecified atom stereocenters. The molecular weight excluding hydrogens is 441 g/mol. The molecule has 2 aromatic rings. The molecule has 0 aliphatic carbocycles. The van der Waals surface area contributed by atoms with Gasteiger partial charge in [-0.1, -0.05) is 67.4 Å². The zero-order valence-electron chi connectivity index (χ0n) is 18.8. The monoisotopic (exact) mass is 471 g/mol. The third-order valence-corrected chi connectivity index (χ3v) is 7.15. The molecule has 0 spiro atoms. The van der Waals surface area contributed by atoms with Gasteiger partial charge in [0.15, 0.2) is 0 Å². The molecule has 170 valence electrons. The van der Waals surface area contributed by atoms with E-state index in [0.29, 0.717) is 35.7 Å². The maximum atomic E-state index is 14.0. The first-order valence-electron chi connectivity index (χ1n) is 11.2. The maximum Gasteiger partial charge on any atom is 0.229 e. The summed E-state index contributed by atoms with van der Waals surface area (Å²) in [6.07, 6.45) is 5.89. The molecule has 1 amide bonds. The predicted molar refractivity (Wildman–Crippen MR) is 132 cm³/mol. The molecule has 1 aliphatic rings. The van der Waals surface area contributed by atoms with Crippen LogP contribution in [0.5, 0.6) is 0 Å². The number of nitrogens with zero attached hydrogens (tertiary/aromatic N) is 1. The van der Waals surface area contributed by atoms with Crippen LogP contribution in [-0.4, -0.2) is 23.1 Å². The standard InChI is InChI=1S/C27H31Cl2NO2/c1-4-15-27(3)18-24(20-8-6-9-22(29)17-20)25(19-11-13-21(28)14-12-19)30(26(27)32)23(5-2)10-7-16-31/h4,6,8-9,11-14,16-17,23-25H,1,5,7,10,15,18H2,2-3H3. The first-order chi connectivity index (χ1) is 15.3. The Bertz CT molecular complexity index is 958. The molecule has 0 saturated carbocycles. The molecule has 1 heterocycles. The van der Waals surface area contributed by atoms with Gasteiger partial charge in [0.2, 0.25) is 5.91 Å². The van der Waals surface area contributed by atoms with Gasteiger partial charge in [-0.2, -0.15) is 0 Å². The van der Waals surface area contributed by atoms with E-state index in [4.69, 9.17) is 23.2 Å². The number of carbonyl (C=O) groups excluding carboxylic acids is 2. The first-order valence-corrected chi connectivity index (χ1v) is 12.0. The fraction of sp³-hybridized carbons (Fsp3) is 0.407. The first kappa shape index (κ1) is 24.5. The van der Waals surface area contributed by atoms with Gasteiger partial charge in [0.05, 0.1) is 11.5 Å². The van der Waals surface area contributed by atoms with E-state index in [9.17, 15) is 9.59 Å². The number of amides is 1. The Hall–Kier alpha value is -2.10. The van der Waals surface area contributed by atoms with Crippen LogP contribution in [0.4, 0.5) is 0 Å². The van der Waals surface area contributed by atoms with Crippen molar-refractivity contribution in [2.75, 3.05) is 0 Å². The highest BCUT2D eigenvalue weighted by atomic mass is 35.5. The molecule has 1 aliphatic heterocycles. The van der Waals surface area contributed by atoms with Gasteiger partial charge < -0.3 is 9.69 Å². The Balaban J connectivity index is 2.21. The molecule has 2 aromatic carbocycles. The summed E-state index contributed by atoms with van der Waals surface area (Å²) in [6.45, 7) is 8.03. The third-order valence-electron chi connectivity index (χ3n) is 6.67. The van der Waals surface area contributed by atoms with Crippen molar-refractivity contribution in [3.63, 3.8) is 0 Å². The molecule has 0 N–H and O–H groups in total. The van der Waals surface area contributed by atoms with Gasteiger partial charge in [0.25, 0.3) is 0 Å². The lowest BCUT2D eigenvalue weighted by Crippen LogP contribution is -2.55. The van der Waals surface area contributed by atoms with E-state index in [1.54, 1.807) is 0 Å². The average molecular weight is 472 g/mol. The van der Waals surface area contributed by atoms with Crippen LogP contribution < -0.4 is 0 Å². The summed E-state index contributed by atoms with van der Waals surface area (Å²) in [5.74, 6) is 0.163. The van der Waals surface area contributed by atoms with Crippen molar-refractivity contribution in [3.05, 3.63) is 82.4 Å². The Morgan fingerprint density at radius 3 is 2.47 bits per heavy atom. The number of rotatable bonds is 9. The fourth-order valence-electron chi connectivity index (χ4n) is 5.09. The van der Waals surface area contributed by atoms with Crippen LogP contribution >= 0.6 is 23.2 Å². The van der Waals surface area contributed by atoms with Crippen molar-refractivity contribution in [3.8, 4) is 0 Å². The van der Waals surface area contributed by atoms with E-state index in [0.717, 1.165) is 23.8 Å². The number of aldehydes is 1. The van der Waals surface area contributed by atoms with Gasteiger partial charge in [-0.15, -0.1) is 6.58 Å². The Morgan fingerprint density at radius 2 is 1.88 bits per heavy atom. The van der Waals surface area contributed by atoms with Crippen LogP contribution in [0.2, 0.25) is 10.0 Å². The third kappa shape index (κ3) is 5.10. The largest absolute Gasteiger partial charge is 0.332 e. The minimum absolute atomic E-state index is 0.0421. The van der Waals surface area contributed by atoms with Gasteiger partial charge in [-0.3, -0.25) is 4.79 Å². The highest BCUT2D eigenvalue weighted by molar-refractivity contribution is 6.30. The molecule has 3 nitrogen and oxygen atoms in total. The second kappa shape index (κ2) is 10.7. The Labute approximate surface area is 201 Å². The van der Waals surface area contributed by atoms with E-state index in [1.807, 2.05) is 60.4 Å². The highest BCUT2D eigenvalue weighted by Gasteiger charge is 2.50. The second-order valence-electron chi connectivity index (χ2n) is 8.93. The topological polar surface area (TPSA) is 37.4 Å². The van der Waals surface area contributed by atoms with Crippen LogP contribution in [0.1, 0.15) is 69.0 Å². The van der Waals surface area contributed by atoms with Crippen LogP contribution in [0.3, 0.4) is 0 Å². The molecular formula is C27H31Cl2NO2. The van der Waals surface area contributed by atoms with Gasteiger partial charge in [-0.25, -0.2) is 0 Å². The van der Waals surface area contributed by atoms with E-state index in [-0.39, 0.29) is 23.9 Å². The van der Waals surface area contributed by atoms with E-state index in [1.165, 1.54) is 0 Å². The van der Waals surface area contributed by atoms with Crippen molar-refractivity contribution in [2.45, 2.75) is 64.0 Å². The summed E-state index contributed by atoms with van der Waals surface area (Å²) in [5.41, 5.74) is 1.57. The van der Waals surface area contributed by atoms with Gasteiger partial charge in [-0.05, 0) is 61.1 Å². The van der Waals surface area contributed by atoms with Gasteiger partial charge in [0, 0.05) is 28.4 Å². The van der Waals surface area contributed by atoms with Crippen molar-refractivity contribution in [1.82, 2.24) is 4.90 Å². The number of likely N-dealkylation sites (tertiary alicyclic amines) is 1. The van der Waals surface area contributed by atoms with Crippen molar-refractivity contribution in [1.29, 1.82) is 0 Å². The molecule has 0 bridgehead atoms. The number of hydrogen-bond acceptors (Lipinski definition) is 2. The summed E-state index contributed by atoms with van der Waals surface area (Å²) in [7, 11) is 0. The van der Waals surface area contributed by atoms with Crippen LogP contribution in [0.25, 0.3) is 0 Å². The van der Waals surface area contributed by atoms with Crippen LogP contribution in [-0.2, 0) is 9.59 Å². The molecule has 5 heteroatoms. The Kier molecular flexibility index (Phi) is 8.19. The summed E-state index contributed by atoms with van der Waals surface area (Å²) < 4.78 is 0. The van der Waals surface area contributed by atoms with Crippen LogP contribution in [0, 0.1) is 5.41 Å². The molecule has 3 rings (SSSR count). The predicted octanol–water partition coefficient (Wildman–Crippen LogP) is 7.39. The number of allylic oxidation sites excluding steroid dienone is 1. The van der Waals surface area contributed by atoms with Gasteiger partial charge in [0.1, 0.15) is 6.29 Å². The van der Waals surface area contributed by atoms with E-state index in [2.05, 4.69) is 19.6 Å². The number of piperidine rings is 1. The quantitative estimate of drug-likeness (QED) is 0.282. The summed E-state index contributed by atoms with van der Waals surface area (Å²) in [5, 5.41) is 1.34. The second-order valence-corrected chi connectivity index (χ2v) is 9.81. The number of benzene rings is 2. The molecule has 0 radical (unpaired) electrons. The number of halogens is 2. The SMILES string of the molecule is C=CCC1(C)CC(c2cccc(Cl)c2)C(c2ccc(Cl)cc2)N(C(CC)CCC=O)C1=O. The highest BCUT2D eigenvalue weighted by Crippen LogP contribution is 2.52. The fourth-order valence-corrected chi connectivity index (χ4v) is 5.41. The van der Waals surface area contributed by atoms with Crippen molar-refractivity contribution in [2.24, 2.45) is 5.41 Å². The van der Waals surface area contributed by atoms with E-state index >= 15 is 0 Å². The van der Waals surface area contributed by atoms with Gasteiger partial charge >= 0.3 is 0 Å². The molecule has 0 aromatic heterocycles.